The van der Waals surface area contributed by atoms with Crippen LogP contribution >= 0.6 is 0 Å². The van der Waals surface area contributed by atoms with Crippen molar-refractivity contribution in [2.45, 2.75) is 12.5 Å². The van der Waals surface area contributed by atoms with E-state index in [-0.39, 0.29) is 24.5 Å². The van der Waals surface area contributed by atoms with Gasteiger partial charge in [0.25, 0.3) is 0 Å². The molecule has 0 saturated heterocycles. The molecule has 2 unspecified atom stereocenters. The van der Waals surface area contributed by atoms with Crippen LogP contribution in [-0.4, -0.2) is 61.4 Å². The van der Waals surface area contributed by atoms with Crippen LogP contribution in [0.4, 0.5) is 9.18 Å². The number of nitrogens with zero attached hydrogens (tertiary/aromatic N) is 2. The maximum atomic E-state index is 12.4. The predicted molar refractivity (Wildman–Crippen MR) is 100 cm³/mol. The Bertz CT molecular complexity index is 949. The molecular formula is C20H22FN3O3. The summed E-state index contributed by atoms with van der Waals surface area (Å²) in [7, 11) is 3.67. The average molecular weight is 371 g/mol. The third-order valence-electron chi connectivity index (χ3n) is 5.47. The van der Waals surface area contributed by atoms with E-state index in [4.69, 9.17) is 4.74 Å². The van der Waals surface area contributed by atoms with Crippen molar-refractivity contribution in [3.8, 4) is 0 Å². The lowest BCUT2D eigenvalue weighted by molar-refractivity contribution is -0.123. The first-order valence-corrected chi connectivity index (χ1v) is 9.05. The van der Waals surface area contributed by atoms with Crippen LogP contribution in [0.3, 0.4) is 0 Å². The molecule has 0 bridgehead atoms. The number of benzene rings is 1. The maximum Gasteiger partial charge on any atom is 0.418 e. The molecule has 27 heavy (non-hydrogen) atoms. The molecule has 1 aliphatic carbocycles. The zero-order valence-electron chi connectivity index (χ0n) is 15.4. The molecule has 1 amide bonds. The van der Waals surface area contributed by atoms with Gasteiger partial charge in [0.2, 0.25) is 5.91 Å². The maximum absolute atomic E-state index is 12.4. The molecule has 0 radical (unpaired) electrons. The Morgan fingerprint density at radius 1 is 1.37 bits per heavy atom. The van der Waals surface area contributed by atoms with Crippen molar-refractivity contribution < 1.29 is 18.7 Å². The van der Waals surface area contributed by atoms with Gasteiger partial charge in [-0.25, -0.2) is 9.18 Å². The summed E-state index contributed by atoms with van der Waals surface area (Å²) in [5.41, 5.74) is 3.96. The molecule has 1 aromatic heterocycles. The fourth-order valence-electron chi connectivity index (χ4n) is 4.25. The quantitative estimate of drug-likeness (QED) is 0.899. The smallest absolute Gasteiger partial charge is 0.418 e. The summed E-state index contributed by atoms with van der Waals surface area (Å²) in [5.74, 6) is -0.210. The van der Waals surface area contributed by atoms with Gasteiger partial charge in [0.05, 0.1) is 11.4 Å². The van der Waals surface area contributed by atoms with E-state index in [0.717, 1.165) is 34.0 Å². The standard InChI is InChI=1S/C20H22FN3O3/c1-22-19(25)13-8-15-14-4-3-5-16-18(14)12(9-17(15)23(2)10-13)11-24(16)20(26)27-7-6-21/h3-5,8,11,13,17H,6-7,9-10H2,1-2H3,(H,22,25). The van der Waals surface area contributed by atoms with E-state index in [9.17, 15) is 14.0 Å². The molecule has 0 fully saturated rings. The number of hydrogen-bond donors (Lipinski definition) is 1. The minimum Gasteiger partial charge on any atom is -0.446 e. The van der Waals surface area contributed by atoms with Crippen molar-refractivity contribution in [2.24, 2.45) is 5.92 Å². The Kier molecular flexibility index (Phi) is 4.47. The first-order valence-electron chi connectivity index (χ1n) is 9.05. The monoisotopic (exact) mass is 371 g/mol. The molecule has 2 heterocycles. The Balaban J connectivity index is 1.83. The van der Waals surface area contributed by atoms with Crippen LogP contribution in [-0.2, 0) is 16.0 Å². The number of nitrogens with one attached hydrogen (secondary N) is 1. The highest BCUT2D eigenvalue weighted by molar-refractivity contribution is 6.02. The number of aromatic nitrogens is 1. The van der Waals surface area contributed by atoms with E-state index >= 15 is 0 Å². The van der Waals surface area contributed by atoms with Gasteiger partial charge in [0, 0.05) is 31.2 Å². The Hall–Kier alpha value is -2.67. The summed E-state index contributed by atoms with van der Waals surface area (Å²) in [6, 6.07) is 5.94. The zero-order valence-corrected chi connectivity index (χ0v) is 15.4. The molecule has 0 saturated carbocycles. The highest BCUT2D eigenvalue weighted by atomic mass is 19.1. The second-order valence-electron chi connectivity index (χ2n) is 7.03. The van der Waals surface area contributed by atoms with Crippen molar-refractivity contribution >= 4 is 28.5 Å². The van der Waals surface area contributed by atoms with E-state index in [1.807, 2.05) is 25.2 Å². The van der Waals surface area contributed by atoms with E-state index in [1.165, 1.54) is 4.57 Å². The predicted octanol–water partition coefficient (Wildman–Crippen LogP) is 2.21. The third-order valence-corrected chi connectivity index (χ3v) is 5.47. The largest absolute Gasteiger partial charge is 0.446 e. The summed E-state index contributed by atoms with van der Waals surface area (Å²) >= 11 is 0. The summed E-state index contributed by atoms with van der Waals surface area (Å²) in [5, 5.41) is 3.73. The number of rotatable bonds is 3. The normalized spacial score (nSPS) is 21.5. The van der Waals surface area contributed by atoms with E-state index in [1.54, 1.807) is 13.2 Å². The second-order valence-corrected chi connectivity index (χ2v) is 7.03. The van der Waals surface area contributed by atoms with Crippen molar-refractivity contribution in [3.05, 3.63) is 41.6 Å². The molecule has 142 valence electrons. The number of alkyl halides is 1. The molecule has 4 rings (SSSR count). The van der Waals surface area contributed by atoms with Gasteiger partial charge in [-0.05, 0) is 36.2 Å². The topological polar surface area (TPSA) is 63.6 Å². The molecule has 2 aliphatic rings. The molecule has 1 N–H and O–H groups in total. The number of halogens is 1. The van der Waals surface area contributed by atoms with E-state index in [0.29, 0.717) is 6.54 Å². The molecular weight excluding hydrogens is 349 g/mol. The number of amides is 1. The minimum absolute atomic E-state index is 0.00172. The molecule has 7 heteroatoms. The number of carbonyl (C=O) groups excluding carboxylic acids is 2. The van der Waals surface area contributed by atoms with Crippen LogP contribution in [0, 0.1) is 5.92 Å². The van der Waals surface area contributed by atoms with Crippen molar-refractivity contribution in [2.75, 3.05) is 33.9 Å². The minimum atomic E-state index is -0.705. The van der Waals surface area contributed by atoms with E-state index < -0.39 is 12.8 Å². The van der Waals surface area contributed by atoms with Gasteiger partial charge in [-0.1, -0.05) is 18.2 Å². The molecule has 0 spiro atoms. The summed E-state index contributed by atoms with van der Waals surface area (Å²) < 4.78 is 18.8. The fraction of sp³-hybridized carbons (Fsp3) is 0.400. The van der Waals surface area contributed by atoms with Gasteiger partial charge in [-0.3, -0.25) is 14.3 Å². The van der Waals surface area contributed by atoms with Crippen molar-refractivity contribution in [3.63, 3.8) is 0 Å². The van der Waals surface area contributed by atoms with Gasteiger partial charge >= 0.3 is 6.09 Å². The second kappa shape index (κ2) is 6.81. The van der Waals surface area contributed by atoms with Crippen LogP contribution < -0.4 is 5.32 Å². The van der Waals surface area contributed by atoms with E-state index in [2.05, 4.69) is 16.3 Å². The van der Waals surface area contributed by atoms with Crippen LogP contribution in [0.2, 0.25) is 0 Å². The molecule has 1 aliphatic heterocycles. The highest BCUT2D eigenvalue weighted by Gasteiger charge is 2.36. The third kappa shape index (κ3) is 2.82. The lowest BCUT2D eigenvalue weighted by Gasteiger charge is -2.39. The Labute approximate surface area is 156 Å². The average Bonchev–Trinajstić information content (AvgIpc) is 3.06. The van der Waals surface area contributed by atoms with Crippen molar-refractivity contribution in [1.82, 2.24) is 14.8 Å². The lowest BCUT2D eigenvalue weighted by Crippen LogP contribution is -2.46. The molecule has 2 atom stereocenters. The van der Waals surface area contributed by atoms with Gasteiger partial charge in [0.1, 0.15) is 13.3 Å². The molecule has 1 aromatic carbocycles. The van der Waals surface area contributed by atoms with Crippen LogP contribution in [0.5, 0.6) is 0 Å². The van der Waals surface area contributed by atoms with Gasteiger partial charge < -0.3 is 10.1 Å². The zero-order chi connectivity index (χ0) is 19.1. The van der Waals surface area contributed by atoms with Gasteiger partial charge in [-0.15, -0.1) is 0 Å². The van der Waals surface area contributed by atoms with Crippen LogP contribution in [0.15, 0.2) is 30.5 Å². The number of carbonyl (C=O) groups is 2. The Morgan fingerprint density at radius 3 is 2.93 bits per heavy atom. The fourth-order valence-corrected chi connectivity index (χ4v) is 4.25. The number of ether oxygens (including phenoxy) is 1. The summed E-state index contributed by atoms with van der Waals surface area (Å²) in [6.07, 6.45) is 4.03. The Morgan fingerprint density at radius 2 is 2.19 bits per heavy atom. The van der Waals surface area contributed by atoms with Crippen LogP contribution in [0.25, 0.3) is 16.5 Å². The van der Waals surface area contributed by atoms with Crippen LogP contribution in [0.1, 0.15) is 11.1 Å². The van der Waals surface area contributed by atoms with Gasteiger partial charge in [-0.2, -0.15) is 0 Å². The number of fused-ring (bicyclic) bond motifs is 2. The lowest BCUT2D eigenvalue weighted by atomic mass is 9.80. The number of hydrogen-bond acceptors (Lipinski definition) is 4. The summed E-state index contributed by atoms with van der Waals surface area (Å²) in [4.78, 5) is 26.7. The van der Waals surface area contributed by atoms with Gasteiger partial charge in [0.15, 0.2) is 0 Å². The summed E-state index contributed by atoms with van der Waals surface area (Å²) in [6.45, 7) is -0.306. The molecule has 6 nitrogen and oxygen atoms in total. The molecule has 2 aromatic rings. The first-order chi connectivity index (χ1) is 13.0. The van der Waals surface area contributed by atoms with Crippen molar-refractivity contribution in [1.29, 1.82) is 0 Å². The first kappa shape index (κ1) is 17.7. The number of likely N-dealkylation sites (N-methyl/N-ethyl adjacent to an activating group) is 1. The SMILES string of the molecule is CNC(=O)C1C=C2c3cccc4c3c(cn4C(=O)OCCF)CC2N(C)C1. The highest BCUT2D eigenvalue weighted by Crippen LogP contribution is 2.41.